The molecule has 0 saturated heterocycles. The normalized spacial score (nSPS) is 7.93. The minimum Gasteiger partial charge on any atom is -0.478 e. The van der Waals surface area contributed by atoms with Gasteiger partial charge in [-0.05, 0) is 13.3 Å². The molecule has 5 heteroatoms. The van der Waals surface area contributed by atoms with E-state index in [0.717, 1.165) is 0 Å². The van der Waals surface area contributed by atoms with Crippen LogP contribution < -0.4 is 0 Å². The van der Waals surface area contributed by atoms with E-state index in [1.807, 2.05) is 0 Å². The average molecular weight is 202 g/mol. The second-order valence-corrected chi connectivity index (χ2v) is 2.42. The van der Waals surface area contributed by atoms with Crippen LogP contribution in [0.25, 0.3) is 0 Å². The molecular weight excluding hydrogens is 188 g/mol. The van der Waals surface area contributed by atoms with Crippen LogP contribution >= 0.6 is 0 Å². The highest BCUT2D eigenvalue weighted by molar-refractivity contribution is 5.86. The Morgan fingerprint density at radius 3 is 1.79 bits per heavy atom. The van der Waals surface area contributed by atoms with E-state index in [1.54, 1.807) is 6.92 Å². The van der Waals surface area contributed by atoms with Crippen molar-refractivity contribution in [2.45, 2.75) is 20.3 Å². The third-order valence-electron chi connectivity index (χ3n) is 1.16. The first-order valence-corrected chi connectivity index (χ1v) is 3.79. The quantitative estimate of drug-likeness (QED) is 0.412. The van der Waals surface area contributed by atoms with Gasteiger partial charge < -0.3 is 5.11 Å². The minimum absolute atomic E-state index is 0.183. The van der Waals surface area contributed by atoms with E-state index in [9.17, 15) is 9.59 Å². The maximum atomic E-state index is 9.94. The number of carboxylic acid groups (broad SMARTS) is 1. The van der Waals surface area contributed by atoms with Crippen molar-refractivity contribution in [3.63, 3.8) is 0 Å². The van der Waals surface area contributed by atoms with E-state index in [1.165, 1.54) is 6.92 Å². The first-order valence-electron chi connectivity index (χ1n) is 3.79. The number of aliphatic carboxylic acids is 1. The lowest BCUT2D eigenvalue weighted by Crippen LogP contribution is -1.99. The Labute approximate surface area is 82.2 Å². The second-order valence-electron chi connectivity index (χ2n) is 2.42. The van der Waals surface area contributed by atoms with Gasteiger partial charge in [-0.3, -0.25) is 4.89 Å². The van der Waals surface area contributed by atoms with Gasteiger partial charge in [-0.15, -0.1) is 0 Å². The third kappa shape index (κ3) is 8.48. The van der Waals surface area contributed by atoms with Crippen molar-refractivity contribution in [3.05, 3.63) is 24.3 Å². The van der Waals surface area contributed by atoms with Crippen molar-refractivity contribution in [1.29, 1.82) is 0 Å². The lowest BCUT2D eigenvalue weighted by Gasteiger charge is -1.88. The van der Waals surface area contributed by atoms with Crippen LogP contribution in [0.4, 0.5) is 0 Å². The highest BCUT2D eigenvalue weighted by Gasteiger charge is 1.98. The predicted molar refractivity (Wildman–Crippen MR) is 50.6 cm³/mol. The Bertz CT molecular complexity index is 216. The molecule has 0 aliphatic heterocycles. The zero-order valence-corrected chi connectivity index (χ0v) is 8.24. The number of hydrogen-bond acceptors (Lipinski definition) is 4. The largest absolute Gasteiger partial charge is 0.478 e. The Morgan fingerprint density at radius 2 is 1.79 bits per heavy atom. The number of hydrogen-bond donors (Lipinski definition) is 2. The Morgan fingerprint density at radius 1 is 1.36 bits per heavy atom. The summed E-state index contributed by atoms with van der Waals surface area (Å²) in [6.07, 6.45) is 0.523. The second kappa shape index (κ2) is 8.00. The third-order valence-corrected chi connectivity index (χ3v) is 1.16. The van der Waals surface area contributed by atoms with Crippen molar-refractivity contribution in [1.82, 2.24) is 0 Å². The molecule has 0 spiro atoms. The molecular formula is C9H14O5. The van der Waals surface area contributed by atoms with E-state index in [4.69, 9.17) is 10.4 Å². The predicted octanol–water partition coefficient (Wildman–Crippen LogP) is 1.62. The lowest BCUT2D eigenvalue weighted by atomic mass is 10.2. The summed E-state index contributed by atoms with van der Waals surface area (Å²) < 4.78 is 0. The summed E-state index contributed by atoms with van der Waals surface area (Å²) >= 11 is 0. The zero-order valence-electron chi connectivity index (χ0n) is 8.24. The van der Waals surface area contributed by atoms with E-state index < -0.39 is 11.9 Å². The van der Waals surface area contributed by atoms with E-state index in [2.05, 4.69) is 18.0 Å². The molecule has 0 heterocycles. The summed E-state index contributed by atoms with van der Waals surface area (Å²) in [5.74, 6) is -1.69. The maximum Gasteiger partial charge on any atom is 0.367 e. The number of carbonyl (C=O) groups is 2. The minimum atomic E-state index is -0.900. The van der Waals surface area contributed by atoms with Crippen LogP contribution in [-0.4, -0.2) is 22.3 Å². The molecule has 0 aliphatic rings. The van der Waals surface area contributed by atoms with Crippen LogP contribution in [0, 0.1) is 0 Å². The average Bonchev–Trinajstić information content (AvgIpc) is 2.15. The van der Waals surface area contributed by atoms with E-state index in [0.29, 0.717) is 6.42 Å². The first-order chi connectivity index (χ1) is 6.36. The molecule has 0 atom stereocenters. The fourth-order valence-electron chi connectivity index (χ4n) is 0.229. The number of carboxylic acids is 1. The van der Waals surface area contributed by atoms with E-state index in [-0.39, 0.29) is 11.1 Å². The van der Waals surface area contributed by atoms with Gasteiger partial charge >= 0.3 is 11.9 Å². The molecule has 5 nitrogen and oxygen atoms in total. The topological polar surface area (TPSA) is 83.8 Å². The van der Waals surface area contributed by atoms with Crippen molar-refractivity contribution in [2.24, 2.45) is 0 Å². The van der Waals surface area contributed by atoms with Crippen LogP contribution in [0.2, 0.25) is 0 Å². The smallest absolute Gasteiger partial charge is 0.367 e. The van der Waals surface area contributed by atoms with Crippen molar-refractivity contribution in [3.8, 4) is 0 Å². The van der Waals surface area contributed by atoms with Gasteiger partial charge in [0.25, 0.3) is 0 Å². The van der Waals surface area contributed by atoms with Crippen LogP contribution in [-0.2, 0) is 14.5 Å². The fraction of sp³-hybridized carbons (Fsp3) is 0.333. The number of carbonyl (C=O) groups excluding carboxylic acids is 1. The molecule has 0 bridgehead atoms. The molecule has 0 unspecified atom stereocenters. The lowest BCUT2D eigenvalue weighted by molar-refractivity contribution is -0.229. The molecule has 0 radical (unpaired) electrons. The van der Waals surface area contributed by atoms with Crippen molar-refractivity contribution >= 4 is 11.9 Å². The number of rotatable bonds is 3. The van der Waals surface area contributed by atoms with Crippen molar-refractivity contribution in [2.75, 3.05) is 0 Å². The van der Waals surface area contributed by atoms with Gasteiger partial charge in [0.1, 0.15) is 0 Å². The molecule has 0 saturated carbocycles. The molecule has 0 rings (SSSR count). The monoisotopic (exact) mass is 202 g/mol. The Hall–Kier alpha value is -1.62. The molecule has 0 aromatic rings. The van der Waals surface area contributed by atoms with Gasteiger partial charge in [0.2, 0.25) is 0 Å². The van der Waals surface area contributed by atoms with Gasteiger partial charge in [-0.25, -0.2) is 9.59 Å². The molecule has 0 fully saturated rings. The first kappa shape index (κ1) is 14.9. The van der Waals surface area contributed by atoms with Gasteiger partial charge in [-0.1, -0.05) is 20.1 Å². The molecule has 0 amide bonds. The molecule has 0 aliphatic carbocycles. The SMILES string of the molecule is C=C(C)C(=O)OO.C=C(CC)C(=O)O. The summed E-state index contributed by atoms with van der Waals surface area (Å²) in [6.45, 7) is 9.67. The molecule has 14 heavy (non-hydrogen) atoms. The standard InChI is InChI=1S/C5H8O2.C4H6O3/c1-3-4(2)5(6)7;1-3(2)4(5)7-6/h2-3H2,1H3,(H,6,7);6H,1H2,2H3. The van der Waals surface area contributed by atoms with Crippen molar-refractivity contribution < 1.29 is 24.8 Å². The Kier molecular flexibility index (Phi) is 8.50. The fourth-order valence-corrected chi connectivity index (χ4v) is 0.229. The summed E-state index contributed by atoms with van der Waals surface area (Å²) in [6, 6.07) is 0. The van der Waals surface area contributed by atoms with Gasteiger partial charge in [0.05, 0.1) is 0 Å². The molecule has 2 N–H and O–H groups in total. The summed E-state index contributed by atoms with van der Waals surface area (Å²) in [5, 5.41) is 15.7. The van der Waals surface area contributed by atoms with Crippen LogP contribution in [0.15, 0.2) is 24.3 Å². The molecule has 0 aromatic carbocycles. The highest BCUT2D eigenvalue weighted by atomic mass is 17.1. The van der Waals surface area contributed by atoms with E-state index >= 15 is 0 Å². The van der Waals surface area contributed by atoms with Gasteiger partial charge in [-0.2, -0.15) is 5.26 Å². The Balaban J connectivity index is 0. The molecule has 80 valence electrons. The summed E-state index contributed by atoms with van der Waals surface area (Å²) in [7, 11) is 0. The maximum absolute atomic E-state index is 9.94. The van der Waals surface area contributed by atoms with Gasteiger partial charge in [0, 0.05) is 11.1 Å². The zero-order chi connectivity index (χ0) is 11.7. The van der Waals surface area contributed by atoms with Gasteiger partial charge in [0.15, 0.2) is 0 Å². The summed E-state index contributed by atoms with van der Waals surface area (Å²) in [5.41, 5.74) is 0.447. The summed E-state index contributed by atoms with van der Waals surface area (Å²) in [4.78, 5) is 23.0. The van der Waals surface area contributed by atoms with Crippen LogP contribution in [0.1, 0.15) is 20.3 Å². The van der Waals surface area contributed by atoms with Crippen LogP contribution in [0.3, 0.4) is 0 Å². The highest BCUT2D eigenvalue weighted by Crippen LogP contribution is 1.93. The van der Waals surface area contributed by atoms with Crippen LogP contribution in [0.5, 0.6) is 0 Å². The molecule has 0 aromatic heterocycles.